The first-order valence-electron chi connectivity index (χ1n) is 7.98. The molecule has 126 valence electrons. The molecule has 1 aliphatic rings. The van der Waals surface area contributed by atoms with Gasteiger partial charge in [-0.15, -0.1) is 0 Å². The summed E-state index contributed by atoms with van der Waals surface area (Å²) < 4.78 is 5.11. The smallest absolute Gasteiger partial charge is 0.325 e. The Morgan fingerprint density at radius 2 is 1.92 bits per heavy atom. The van der Waals surface area contributed by atoms with Crippen molar-refractivity contribution < 1.29 is 14.1 Å². The second-order valence-electron chi connectivity index (χ2n) is 6.66. The topological polar surface area (TPSA) is 75.4 Å². The Hall–Kier alpha value is -2.63. The van der Waals surface area contributed by atoms with E-state index in [1.807, 2.05) is 24.3 Å². The largest absolute Gasteiger partial charge is 0.359 e. The number of urea groups is 1. The molecular weight excluding hydrogens is 306 g/mol. The maximum atomic E-state index is 12.8. The minimum atomic E-state index is -1.07. The quantitative estimate of drug-likeness (QED) is 0.876. The predicted molar refractivity (Wildman–Crippen MR) is 88.2 cm³/mol. The molecule has 6 nitrogen and oxygen atoms in total. The van der Waals surface area contributed by atoms with Crippen LogP contribution in [-0.4, -0.2) is 22.0 Å². The zero-order valence-electron chi connectivity index (χ0n) is 14.3. The minimum Gasteiger partial charge on any atom is -0.359 e. The lowest BCUT2D eigenvalue weighted by Gasteiger charge is -2.22. The van der Waals surface area contributed by atoms with E-state index in [4.69, 9.17) is 4.52 Å². The average Bonchev–Trinajstić information content (AvgIpc) is 3.05. The summed E-state index contributed by atoms with van der Waals surface area (Å²) in [6, 6.07) is 9.07. The SMILES string of the molecule is Cc1cc(CN2C(=O)NC(C)(c3ccc(C(C)C)cc3)C2=O)on1. The summed E-state index contributed by atoms with van der Waals surface area (Å²) in [7, 11) is 0. The van der Waals surface area contributed by atoms with Crippen LogP contribution in [-0.2, 0) is 16.9 Å². The number of hydrogen-bond acceptors (Lipinski definition) is 4. The molecule has 2 aromatic rings. The fraction of sp³-hybridized carbons (Fsp3) is 0.389. The summed E-state index contributed by atoms with van der Waals surface area (Å²) >= 11 is 0. The number of carbonyl (C=O) groups excluding carboxylic acids is 2. The Bertz CT molecular complexity index is 779. The molecule has 1 aliphatic heterocycles. The molecule has 0 saturated carbocycles. The number of rotatable bonds is 4. The van der Waals surface area contributed by atoms with E-state index in [1.54, 1.807) is 19.9 Å². The molecule has 3 rings (SSSR count). The molecule has 0 aliphatic carbocycles. The van der Waals surface area contributed by atoms with Gasteiger partial charge in [0.25, 0.3) is 5.91 Å². The first-order valence-corrected chi connectivity index (χ1v) is 7.98. The molecule has 1 aromatic carbocycles. The number of imide groups is 1. The molecule has 0 bridgehead atoms. The van der Waals surface area contributed by atoms with Gasteiger partial charge < -0.3 is 9.84 Å². The van der Waals surface area contributed by atoms with E-state index < -0.39 is 11.6 Å². The number of hydrogen-bond donors (Lipinski definition) is 1. The zero-order valence-corrected chi connectivity index (χ0v) is 14.3. The second-order valence-corrected chi connectivity index (χ2v) is 6.66. The van der Waals surface area contributed by atoms with Crippen molar-refractivity contribution in [3.05, 3.63) is 52.9 Å². The van der Waals surface area contributed by atoms with Gasteiger partial charge in [0.1, 0.15) is 5.54 Å². The van der Waals surface area contributed by atoms with Gasteiger partial charge in [0, 0.05) is 6.07 Å². The van der Waals surface area contributed by atoms with Gasteiger partial charge in [-0.1, -0.05) is 43.3 Å². The first kappa shape index (κ1) is 16.2. The average molecular weight is 327 g/mol. The van der Waals surface area contributed by atoms with Crippen molar-refractivity contribution >= 4 is 11.9 Å². The van der Waals surface area contributed by atoms with Gasteiger partial charge in [-0.25, -0.2) is 4.79 Å². The third kappa shape index (κ3) is 2.68. The predicted octanol–water partition coefficient (Wildman–Crippen LogP) is 3.07. The monoisotopic (exact) mass is 327 g/mol. The van der Waals surface area contributed by atoms with Crippen molar-refractivity contribution in [1.29, 1.82) is 0 Å². The molecule has 24 heavy (non-hydrogen) atoms. The highest BCUT2D eigenvalue weighted by atomic mass is 16.5. The van der Waals surface area contributed by atoms with Crippen LogP contribution in [0.1, 0.15) is 49.3 Å². The molecule has 1 atom stereocenters. The van der Waals surface area contributed by atoms with Crippen molar-refractivity contribution in [2.45, 2.75) is 45.7 Å². The second kappa shape index (κ2) is 5.78. The number of carbonyl (C=O) groups is 2. The van der Waals surface area contributed by atoms with Gasteiger partial charge in [0.2, 0.25) is 0 Å². The molecule has 3 amide bonds. The summed E-state index contributed by atoms with van der Waals surface area (Å²) in [6.07, 6.45) is 0. The van der Waals surface area contributed by atoms with Crippen LogP contribution in [0.3, 0.4) is 0 Å². The highest BCUT2D eigenvalue weighted by Gasteiger charge is 2.49. The van der Waals surface area contributed by atoms with E-state index in [0.29, 0.717) is 17.4 Å². The highest BCUT2D eigenvalue weighted by Crippen LogP contribution is 2.30. The molecule has 1 saturated heterocycles. The maximum Gasteiger partial charge on any atom is 0.325 e. The molecule has 1 unspecified atom stereocenters. The summed E-state index contributed by atoms with van der Waals surface area (Å²) in [6.45, 7) is 7.81. The van der Waals surface area contributed by atoms with Crippen LogP contribution in [0.5, 0.6) is 0 Å². The van der Waals surface area contributed by atoms with E-state index in [-0.39, 0.29) is 12.5 Å². The van der Waals surface area contributed by atoms with Crippen LogP contribution in [0.2, 0.25) is 0 Å². The van der Waals surface area contributed by atoms with E-state index >= 15 is 0 Å². The molecule has 6 heteroatoms. The van der Waals surface area contributed by atoms with Gasteiger partial charge in [-0.3, -0.25) is 9.69 Å². The minimum absolute atomic E-state index is 0.0746. The molecular formula is C18H21N3O3. The van der Waals surface area contributed by atoms with Gasteiger partial charge >= 0.3 is 6.03 Å². The Balaban J connectivity index is 1.86. The molecule has 0 radical (unpaired) electrons. The standard InChI is InChI=1S/C18H21N3O3/c1-11(2)13-5-7-14(8-6-13)18(4)16(22)21(17(23)19-18)10-15-9-12(3)20-24-15/h5-9,11H,10H2,1-4H3,(H,19,23). The fourth-order valence-corrected chi connectivity index (χ4v) is 2.88. The van der Waals surface area contributed by atoms with Crippen LogP contribution in [0.4, 0.5) is 4.79 Å². The van der Waals surface area contributed by atoms with Crippen LogP contribution in [0.15, 0.2) is 34.9 Å². The third-order valence-electron chi connectivity index (χ3n) is 4.42. The van der Waals surface area contributed by atoms with E-state index in [2.05, 4.69) is 24.3 Å². The summed E-state index contributed by atoms with van der Waals surface area (Å²) in [5, 5.41) is 6.58. The Morgan fingerprint density at radius 3 is 2.46 bits per heavy atom. The number of nitrogens with one attached hydrogen (secondary N) is 1. The van der Waals surface area contributed by atoms with Crippen molar-refractivity contribution in [2.75, 3.05) is 0 Å². The Labute approximate surface area is 140 Å². The molecule has 2 heterocycles. The number of aryl methyl sites for hydroxylation is 1. The van der Waals surface area contributed by atoms with E-state index in [0.717, 1.165) is 10.5 Å². The Morgan fingerprint density at radius 1 is 1.25 bits per heavy atom. The van der Waals surface area contributed by atoms with E-state index in [9.17, 15) is 9.59 Å². The maximum absolute atomic E-state index is 12.8. The lowest BCUT2D eigenvalue weighted by Crippen LogP contribution is -2.40. The lowest BCUT2D eigenvalue weighted by molar-refractivity contribution is -0.131. The number of amides is 3. The summed E-state index contributed by atoms with van der Waals surface area (Å²) in [5.41, 5.74) is 1.60. The molecule has 0 spiro atoms. The summed E-state index contributed by atoms with van der Waals surface area (Å²) in [4.78, 5) is 26.3. The molecule has 1 N–H and O–H groups in total. The molecule has 1 fully saturated rings. The zero-order chi connectivity index (χ0) is 17.5. The van der Waals surface area contributed by atoms with Crippen molar-refractivity contribution in [3.63, 3.8) is 0 Å². The number of nitrogens with zero attached hydrogens (tertiary/aromatic N) is 2. The summed E-state index contributed by atoms with van der Waals surface area (Å²) in [5.74, 6) is 0.598. The van der Waals surface area contributed by atoms with Crippen molar-refractivity contribution in [2.24, 2.45) is 0 Å². The van der Waals surface area contributed by atoms with Crippen LogP contribution in [0, 0.1) is 6.92 Å². The third-order valence-corrected chi connectivity index (χ3v) is 4.42. The van der Waals surface area contributed by atoms with Crippen LogP contribution < -0.4 is 5.32 Å². The van der Waals surface area contributed by atoms with Gasteiger partial charge in [-0.05, 0) is 30.9 Å². The normalized spacial score (nSPS) is 20.8. The van der Waals surface area contributed by atoms with Crippen LogP contribution >= 0.6 is 0 Å². The van der Waals surface area contributed by atoms with Gasteiger partial charge in [0.05, 0.1) is 12.2 Å². The van der Waals surface area contributed by atoms with Crippen molar-refractivity contribution in [3.8, 4) is 0 Å². The van der Waals surface area contributed by atoms with E-state index in [1.165, 1.54) is 5.56 Å². The Kier molecular flexibility index (Phi) is 3.91. The highest BCUT2D eigenvalue weighted by molar-refractivity contribution is 6.07. The first-order chi connectivity index (χ1) is 11.3. The molecule has 1 aromatic heterocycles. The number of aromatic nitrogens is 1. The van der Waals surface area contributed by atoms with Gasteiger partial charge in [-0.2, -0.15) is 0 Å². The fourth-order valence-electron chi connectivity index (χ4n) is 2.88. The van der Waals surface area contributed by atoms with Gasteiger partial charge in [0.15, 0.2) is 5.76 Å². The van der Waals surface area contributed by atoms with Crippen molar-refractivity contribution in [1.82, 2.24) is 15.4 Å². The van der Waals surface area contributed by atoms with Crippen LogP contribution in [0.25, 0.3) is 0 Å². The lowest BCUT2D eigenvalue weighted by atomic mass is 9.90. The number of benzene rings is 1.